The Bertz CT molecular complexity index is 880. The largest absolute Gasteiger partial charge is 0.493 e. The van der Waals surface area contributed by atoms with E-state index in [1.165, 1.54) is 38.5 Å². The first kappa shape index (κ1) is 19.4. The van der Waals surface area contributed by atoms with Gasteiger partial charge in [0.05, 0.1) is 25.2 Å². The van der Waals surface area contributed by atoms with E-state index < -0.39 is 10.8 Å². The summed E-state index contributed by atoms with van der Waals surface area (Å²) in [6.07, 6.45) is 0. The van der Waals surface area contributed by atoms with Gasteiger partial charge in [0.25, 0.3) is 11.6 Å². The number of nitro groups is 1. The molecule has 28 heavy (non-hydrogen) atoms. The number of nitrogens with zero attached hydrogens (tertiary/aromatic N) is 3. The summed E-state index contributed by atoms with van der Waals surface area (Å²) in [4.78, 5) is 27.4. The van der Waals surface area contributed by atoms with Crippen LogP contribution in [0, 0.1) is 15.9 Å². The Kier molecular flexibility index (Phi) is 5.62. The van der Waals surface area contributed by atoms with Crippen molar-refractivity contribution < 1.29 is 23.6 Å². The second-order valence-electron chi connectivity index (χ2n) is 6.24. The van der Waals surface area contributed by atoms with Crippen molar-refractivity contribution >= 4 is 17.3 Å². The lowest BCUT2D eigenvalue weighted by Crippen LogP contribution is -2.48. The van der Waals surface area contributed by atoms with Gasteiger partial charge in [-0.1, -0.05) is 0 Å². The van der Waals surface area contributed by atoms with Gasteiger partial charge in [-0.2, -0.15) is 0 Å². The molecular formula is C19H20FN3O5. The van der Waals surface area contributed by atoms with E-state index in [-0.39, 0.29) is 28.6 Å². The van der Waals surface area contributed by atoms with E-state index in [9.17, 15) is 19.3 Å². The van der Waals surface area contributed by atoms with Gasteiger partial charge in [0.15, 0.2) is 11.5 Å². The topological polar surface area (TPSA) is 85.2 Å². The van der Waals surface area contributed by atoms with Gasteiger partial charge in [-0.25, -0.2) is 4.39 Å². The molecule has 3 rings (SSSR count). The minimum absolute atomic E-state index is 0.0436. The first-order valence-electron chi connectivity index (χ1n) is 8.64. The number of ether oxygens (including phenoxy) is 2. The van der Waals surface area contributed by atoms with Crippen LogP contribution in [0.15, 0.2) is 36.4 Å². The molecule has 0 spiro atoms. The molecule has 148 valence electrons. The number of carbonyl (C=O) groups excluding carboxylic acids is 1. The summed E-state index contributed by atoms with van der Waals surface area (Å²) in [5.41, 5.74) is 0.493. The third-order valence-electron chi connectivity index (χ3n) is 4.69. The van der Waals surface area contributed by atoms with Gasteiger partial charge < -0.3 is 19.3 Å². The number of hydrogen-bond donors (Lipinski definition) is 0. The smallest absolute Gasteiger partial charge is 0.286 e. The van der Waals surface area contributed by atoms with Crippen LogP contribution in [0.3, 0.4) is 0 Å². The number of nitro benzene ring substituents is 1. The first-order valence-corrected chi connectivity index (χ1v) is 8.64. The van der Waals surface area contributed by atoms with Crippen LogP contribution in [-0.2, 0) is 0 Å². The van der Waals surface area contributed by atoms with Gasteiger partial charge in [-0.15, -0.1) is 0 Å². The zero-order chi connectivity index (χ0) is 20.3. The fourth-order valence-electron chi connectivity index (χ4n) is 3.18. The molecule has 1 aliphatic heterocycles. The molecule has 0 bridgehead atoms. The molecule has 0 aromatic heterocycles. The van der Waals surface area contributed by atoms with Crippen molar-refractivity contribution in [2.75, 3.05) is 45.3 Å². The number of methoxy groups -OCH3 is 2. The molecule has 0 radical (unpaired) electrons. The minimum atomic E-state index is -0.607. The maximum Gasteiger partial charge on any atom is 0.286 e. The highest BCUT2D eigenvalue weighted by Gasteiger charge is 2.30. The average Bonchev–Trinajstić information content (AvgIpc) is 2.72. The highest BCUT2D eigenvalue weighted by molar-refractivity contribution is 5.99. The summed E-state index contributed by atoms with van der Waals surface area (Å²) in [6.45, 7) is 1.86. The summed E-state index contributed by atoms with van der Waals surface area (Å²) in [7, 11) is 2.77. The van der Waals surface area contributed by atoms with Crippen molar-refractivity contribution in [1.29, 1.82) is 0 Å². The molecule has 1 aliphatic rings. The fraction of sp³-hybridized carbons (Fsp3) is 0.316. The predicted molar refractivity (Wildman–Crippen MR) is 101 cm³/mol. The predicted octanol–water partition coefficient (Wildman–Crippen LogP) is 2.71. The Labute approximate surface area is 161 Å². The average molecular weight is 389 g/mol. The number of anilines is 1. The number of carbonyl (C=O) groups is 1. The second kappa shape index (κ2) is 8.12. The van der Waals surface area contributed by atoms with E-state index in [4.69, 9.17) is 9.47 Å². The van der Waals surface area contributed by atoms with Crippen LogP contribution >= 0.6 is 0 Å². The van der Waals surface area contributed by atoms with Crippen LogP contribution in [0.2, 0.25) is 0 Å². The molecule has 1 saturated heterocycles. The summed E-state index contributed by atoms with van der Waals surface area (Å²) < 4.78 is 23.4. The molecule has 0 atom stereocenters. The van der Waals surface area contributed by atoms with Gasteiger partial charge in [0, 0.05) is 37.9 Å². The van der Waals surface area contributed by atoms with Crippen LogP contribution in [0.1, 0.15) is 10.4 Å². The van der Waals surface area contributed by atoms with Crippen molar-refractivity contribution in [3.05, 3.63) is 57.9 Å². The molecule has 1 heterocycles. The Balaban J connectivity index is 1.79. The zero-order valence-electron chi connectivity index (χ0n) is 15.6. The first-order chi connectivity index (χ1) is 13.4. The summed E-state index contributed by atoms with van der Waals surface area (Å²) in [5.74, 6) is -0.307. The summed E-state index contributed by atoms with van der Waals surface area (Å²) >= 11 is 0. The van der Waals surface area contributed by atoms with Gasteiger partial charge in [0.2, 0.25) is 0 Å². The number of piperazine rings is 1. The highest BCUT2D eigenvalue weighted by atomic mass is 19.1. The third-order valence-corrected chi connectivity index (χ3v) is 4.69. The Morgan fingerprint density at radius 3 is 2.14 bits per heavy atom. The molecule has 0 unspecified atom stereocenters. The molecular weight excluding hydrogens is 369 g/mol. The molecule has 1 fully saturated rings. The Morgan fingerprint density at radius 2 is 1.61 bits per heavy atom. The number of hydrogen-bond acceptors (Lipinski definition) is 6. The third kappa shape index (κ3) is 3.83. The van der Waals surface area contributed by atoms with Gasteiger partial charge in [-0.3, -0.25) is 14.9 Å². The zero-order valence-corrected chi connectivity index (χ0v) is 15.6. The number of rotatable bonds is 5. The Morgan fingerprint density at radius 1 is 1.04 bits per heavy atom. The van der Waals surface area contributed by atoms with Gasteiger partial charge in [0.1, 0.15) is 11.4 Å². The lowest BCUT2D eigenvalue weighted by atomic mass is 10.1. The standard InChI is InChI=1S/C19H20FN3O5/c1-27-17-11-15(16(23(25)26)12-18(17)28-2)19(24)22-9-7-21(8-10-22)14-5-3-13(20)4-6-14/h3-6,11-12H,7-10H2,1-2H3. The quantitative estimate of drug-likeness (QED) is 0.577. The minimum Gasteiger partial charge on any atom is -0.493 e. The van der Waals surface area contributed by atoms with E-state index in [2.05, 4.69) is 0 Å². The Hall–Kier alpha value is -3.36. The van der Waals surface area contributed by atoms with Crippen LogP contribution in [0.4, 0.5) is 15.8 Å². The van der Waals surface area contributed by atoms with E-state index in [0.717, 1.165) is 5.69 Å². The molecule has 2 aromatic rings. The summed E-state index contributed by atoms with van der Waals surface area (Å²) in [6, 6.07) is 8.68. The van der Waals surface area contributed by atoms with E-state index in [0.29, 0.717) is 26.2 Å². The van der Waals surface area contributed by atoms with E-state index in [1.807, 2.05) is 4.90 Å². The maximum absolute atomic E-state index is 13.1. The molecule has 1 amide bonds. The number of amides is 1. The van der Waals surface area contributed by atoms with Gasteiger partial charge >= 0.3 is 0 Å². The van der Waals surface area contributed by atoms with Crippen molar-refractivity contribution in [2.45, 2.75) is 0 Å². The number of halogens is 1. The van der Waals surface area contributed by atoms with Crippen LogP contribution < -0.4 is 14.4 Å². The molecule has 0 N–H and O–H groups in total. The lowest BCUT2D eigenvalue weighted by molar-refractivity contribution is -0.385. The van der Waals surface area contributed by atoms with Crippen molar-refractivity contribution in [1.82, 2.24) is 4.90 Å². The van der Waals surface area contributed by atoms with Crippen LogP contribution in [0.25, 0.3) is 0 Å². The van der Waals surface area contributed by atoms with Crippen molar-refractivity contribution in [3.63, 3.8) is 0 Å². The molecule has 8 nitrogen and oxygen atoms in total. The molecule has 0 saturated carbocycles. The second-order valence-corrected chi connectivity index (χ2v) is 6.24. The van der Waals surface area contributed by atoms with Crippen molar-refractivity contribution in [3.8, 4) is 11.5 Å². The van der Waals surface area contributed by atoms with Crippen molar-refractivity contribution in [2.24, 2.45) is 0 Å². The molecule has 2 aromatic carbocycles. The number of benzene rings is 2. The highest BCUT2D eigenvalue weighted by Crippen LogP contribution is 2.35. The monoisotopic (exact) mass is 389 g/mol. The lowest BCUT2D eigenvalue weighted by Gasteiger charge is -2.36. The fourth-order valence-corrected chi connectivity index (χ4v) is 3.18. The summed E-state index contributed by atoms with van der Waals surface area (Å²) in [5, 5.41) is 11.4. The molecule has 0 aliphatic carbocycles. The SMILES string of the molecule is COc1cc(C(=O)N2CCN(c3ccc(F)cc3)CC2)c([N+](=O)[O-])cc1OC. The van der Waals surface area contributed by atoms with Crippen LogP contribution in [0.5, 0.6) is 11.5 Å². The van der Waals surface area contributed by atoms with Gasteiger partial charge in [-0.05, 0) is 24.3 Å². The molecule has 9 heteroatoms. The van der Waals surface area contributed by atoms with E-state index >= 15 is 0 Å². The van der Waals surface area contributed by atoms with E-state index in [1.54, 1.807) is 17.0 Å². The van der Waals surface area contributed by atoms with Crippen LogP contribution in [-0.4, -0.2) is 56.1 Å². The maximum atomic E-state index is 13.1. The normalized spacial score (nSPS) is 14.0.